The molecule has 0 rings (SSSR count). The van der Waals surface area contributed by atoms with Crippen molar-refractivity contribution in [3.8, 4) is 0 Å². The average Bonchev–Trinajstić information content (AvgIpc) is 2.74. The van der Waals surface area contributed by atoms with E-state index >= 15 is 0 Å². The van der Waals surface area contributed by atoms with Gasteiger partial charge in [-0.05, 0) is 0 Å². The molecule has 0 aliphatic heterocycles. The van der Waals surface area contributed by atoms with Gasteiger partial charge in [-0.1, -0.05) is 119 Å². The van der Waals surface area contributed by atoms with Crippen LogP contribution in [0.15, 0.2) is 0 Å². The van der Waals surface area contributed by atoms with Crippen molar-refractivity contribution < 1.29 is 52.4 Å². The molecule has 0 aliphatic carbocycles. The van der Waals surface area contributed by atoms with Crippen molar-refractivity contribution in [2.45, 2.75) is 119 Å². The number of rotatable bonds is 12. The van der Waals surface area contributed by atoms with E-state index in [9.17, 15) is 30.6 Å². The van der Waals surface area contributed by atoms with Crippen LogP contribution in [0.2, 0.25) is 0 Å². The minimum absolute atomic E-state index is 0. The van der Waals surface area contributed by atoms with Gasteiger partial charge in [-0.3, -0.25) is 0 Å². The zero-order valence-corrected chi connectivity index (χ0v) is 23.2. The minimum atomic E-state index is 0. The van der Waals surface area contributed by atoms with Gasteiger partial charge in [0, 0.05) is 21.7 Å². The predicted molar refractivity (Wildman–Crippen MR) is 119 cm³/mol. The third-order valence-corrected chi connectivity index (χ3v) is 2.99. The van der Waals surface area contributed by atoms with Gasteiger partial charge in [-0.2, -0.15) is 0 Å². The van der Waals surface area contributed by atoms with Gasteiger partial charge in [-0.25, -0.2) is 0 Å². The second-order valence-corrected chi connectivity index (χ2v) is 6.35. The third kappa shape index (κ3) is 159. The molecule has 0 atom stereocenters. The van der Waals surface area contributed by atoms with Crippen LogP contribution < -0.4 is 30.6 Å². The Morgan fingerprint density at radius 1 is 0.290 bits per heavy atom. The molecule has 0 aromatic carbocycles. The maximum absolute atomic E-state index is 9.53. The quantitative estimate of drug-likeness (QED) is 0.375. The number of hydrogen-bond acceptors (Lipinski definition) is 6. The van der Waals surface area contributed by atoms with Crippen molar-refractivity contribution in [2.24, 2.45) is 0 Å². The average molecular weight is 487 g/mol. The molecule has 0 aromatic rings. The Labute approximate surface area is 210 Å². The smallest absolute Gasteiger partial charge is 0 e. The van der Waals surface area contributed by atoms with E-state index in [1.807, 2.05) is 41.5 Å². The van der Waals surface area contributed by atoms with Gasteiger partial charge >= 0.3 is 0 Å². The normalized spacial score (nSPS) is 8.13. The predicted octanol–water partition coefficient (Wildman–Crippen LogP) is 0.878. The number of unbranched alkanes of at least 4 members (excludes halogenated alkanes) is 6. The minimum Gasteiger partial charge on any atom is -0.854 e. The van der Waals surface area contributed by atoms with Crippen LogP contribution >= 0.6 is 0 Å². The molecule has 0 bridgehead atoms. The van der Waals surface area contributed by atoms with Gasteiger partial charge in [0.25, 0.3) is 0 Å². The Hall–Kier alpha value is 0.474. The van der Waals surface area contributed by atoms with Crippen molar-refractivity contribution in [2.75, 3.05) is 39.6 Å². The molecule has 0 unspecified atom stereocenters. The number of hydrogen-bond donors (Lipinski definition) is 0. The van der Waals surface area contributed by atoms with Crippen LogP contribution in [0.4, 0.5) is 0 Å². The zero-order chi connectivity index (χ0) is 24.7. The van der Waals surface area contributed by atoms with Crippen molar-refractivity contribution >= 4 is 0 Å². The molecule has 0 aromatic heterocycles. The van der Waals surface area contributed by atoms with Crippen LogP contribution in [0, 0.1) is 0 Å². The molecule has 0 radical (unpaired) electrons. The van der Waals surface area contributed by atoms with Crippen molar-refractivity contribution in [1.29, 1.82) is 0 Å². The molecule has 31 heavy (non-hydrogen) atoms. The fourth-order valence-corrected chi connectivity index (χ4v) is 0.866. The summed E-state index contributed by atoms with van der Waals surface area (Å²) in [4.78, 5) is 0. The van der Waals surface area contributed by atoms with Crippen LogP contribution in [0.1, 0.15) is 119 Å². The van der Waals surface area contributed by atoms with E-state index in [1.54, 1.807) is 0 Å². The molecule has 7 heteroatoms. The van der Waals surface area contributed by atoms with E-state index in [0.29, 0.717) is 0 Å². The summed E-state index contributed by atoms with van der Waals surface area (Å²) in [5.41, 5.74) is 0. The largest absolute Gasteiger partial charge is 0.854 e. The monoisotopic (exact) mass is 486 g/mol. The Morgan fingerprint density at radius 2 is 0.387 bits per heavy atom. The first kappa shape index (κ1) is 48.8. The van der Waals surface area contributed by atoms with Crippen LogP contribution in [0.3, 0.4) is 0 Å². The first-order valence-corrected chi connectivity index (χ1v) is 12.0. The van der Waals surface area contributed by atoms with Gasteiger partial charge in [0.2, 0.25) is 0 Å². The van der Waals surface area contributed by atoms with Gasteiger partial charge in [-0.15, -0.1) is 39.6 Å². The SMILES string of the molecule is CCCC[O-].CCCC[O-].CCCC[O-].CCCC[O-].CCCC[O-].CCCC[O-].[Ti]. The van der Waals surface area contributed by atoms with E-state index in [1.165, 1.54) is 0 Å². The molecule has 0 spiro atoms. The van der Waals surface area contributed by atoms with E-state index in [4.69, 9.17) is 0 Å². The molecule has 0 heterocycles. The first-order chi connectivity index (χ1) is 14.5. The van der Waals surface area contributed by atoms with Crippen molar-refractivity contribution in [3.05, 3.63) is 0 Å². The van der Waals surface area contributed by atoms with E-state index in [-0.39, 0.29) is 61.4 Å². The summed E-state index contributed by atoms with van der Waals surface area (Å²) < 4.78 is 0. The maximum Gasteiger partial charge on any atom is 0 e. The molecule has 6 nitrogen and oxygen atoms in total. The summed E-state index contributed by atoms with van der Waals surface area (Å²) in [5.74, 6) is 0. The molecule has 0 N–H and O–H groups in total. The maximum atomic E-state index is 9.53. The molecule has 0 saturated carbocycles. The van der Waals surface area contributed by atoms with Gasteiger partial charge < -0.3 is 30.6 Å². The standard InChI is InChI=1S/6C4H9O.Ti/c6*1-2-3-4-5;/h6*2-4H2,1H3;/q6*-1;. The summed E-state index contributed by atoms with van der Waals surface area (Å²) in [6.45, 7) is 12.6. The van der Waals surface area contributed by atoms with Gasteiger partial charge in [0.15, 0.2) is 0 Å². The molecular formula is C24H54O6Ti-6. The fourth-order valence-electron chi connectivity index (χ4n) is 0.866. The third-order valence-electron chi connectivity index (χ3n) is 2.99. The molecule has 0 amide bonds. The summed E-state index contributed by atoms with van der Waals surface area (Å²) >= 11 is 0. The van der Waals surface area contributed by atoms with Gasteiger partial charge in [0.1, 0.15) is 0 Å². The van der Waals surface area contributed by atoms with Crippen LogP contribution in [0.25, 0.3) is 0 Å². The second-order valence-electron chi connectivity index (χ2n) is 6.35. The Kier molecular flexibility index (Phi) is 122. The van der Waals surface area contributed by atoms with Crippen molar-refractivity contribution in [3.63, 3.8) is 0 Å². The topological polar surface area (TPSA) is 138 Å². The van der Waals surface area contributed by atoms with Crippen molar-refractivity contribution in [1.82, 2.24) is 0 Å². The van der Waals surface area contributed by atoms with Crippen LogP contribution in [-0.4, -0.2) is 39.6 Å². The van der Waals surface area contributed by atoms with Crippen LogP contribution in [-0.2, 0) is 21.7 Å². The second kappa shape index (κ2) is 77.6. The van der Waals surface area contributed by atoms with E-state index in [0.717, 1.165) is 77.0 Å². The summed E-state index contributed by atoms with van der Waals surface area (Å²) in [6.07, 6.45) is 11.2. The molecule has 196 valence electrons. The Balaban J connectivity index is -0.0000000443. The van der Waals surface area contributed by atoms with E-state index in [2.05, 4.69) is 0 Å². The fraction of sp³-hybridized carbons (Fsp3) is 1.00. The molecule has 0 fully saturated rings. The van der Waals surface area contributed by atoms with Crippen LogP contribution in [0.5, 0.6) is 0 Å². The summed E-state index contributed by atoms with van der Waals surface area (Å²) in [6, 6.07) is 0. The first-order valence-electron chi connectivity index (χ1n) is 12.0. The molecular weight excluding hydrogens is 432 g/mol. The van der Waals surface area contributed by atoms with Gasteiger partial charge in [0.05, 0.1) is 0 Å². The molecule has 0 saturated heterocycles. The summed E-state index contributed by atoms with van der Waals surface area (Å²) in [7, 11) is 0. The summed E-state index contributed by atoms with van der Waals surface area (Å²) in [5, 5.41) is 57.2. The molecule has 0 aliphatic rings. The zero-order valence-electron chi connectivity index (χ0n) is 21.7. The Bertz CT molecular complexity index is 120. The Morgan fingerprint density at radius 3 is 0.387 bits per heavy atom. The van der Waals surface area contributed by atoms with E-state index < -0.39 is 0 Å².